The van der Waals surface area contributed by atoms with Crippen LogP contribution in [-0.2, 0) is 16.0 Å². The van der Waals surface area contributed by atoms with Crippen LogP contribution in [0.1, 0.15) is 19.0 Å². The molecule has 0 saturated carbocycles. The fourth-order valence-electron chi connectivity index (χ4n) is 1.44. The highest BCUT2D eigenvalue weighted by Crippen LogP contribution is 1.98. The Morgan fingerprint density at radius 3 is 2.89 bits per heavy atom. The van der Waals surface area contributed by atoms with Gasteiger partial charge in [-0.05, 0) is 13.0 Å². The summed E-state index contributed by atoms with van der Waals surface area (Å²) < 4.78 is 0. The van der Waals surface area contributed by atoms with Crippen LogP contribution in [0.4, 0.5) is 0 Å². The third kappa shape index (κ3) is 4.96. The van der Waals surface area contributed by atoms with Crippen molar-refractivity contribution < 1.29 is 14.7 Å². The Morgan fingerprint density at radius 1 is 1.56 bits per heavy atom. The van der Waals surface area contributed by atoms with Gasteiger partial charge in [0.05, 0.1) is 12.9 Å². The number of nitrogens with zero attached hydrogens (tertiary/aromatic N) is 1. The standard InChI is InChI=1S/C11H18N4O3/c1-2-3-12-6-10(16)15-9(11(17)18)4-8-5-13-7-14-8/h5,7,9,12H,2-4,6H2,1H3,(H,13,14)(H,15,16)(H,17,18). The molecule has 0 radical (unpaired) electrons. The number of nitrogens with one attached hydrogen (secondary N) is 3. The van der Waals surface area contributed by atoms with E-state index in [1.54, 1.807) is 0 Å². The number of aromatic nitrogens is 2. The largest absolute Gasteiger partial charge is 0.480 e. The first-order valence-electron chi connectivity index (χ1n) is 5.83. The van der Waals surface area contributed by atoms with Crippen molar-refractivity contribution in [3.05, 3.63) is 18.2 Å². The number of H-pyrrole nitrogens is 1. The van der Waals surface area contributed by atoms with Gasteiger partial charge >= 0.3 is 5.97 Å². The number of carboxylic acid groups (broad SMARTS) is 1. The van der Waals surface area contributed by atoms with E-state index in [2.05, 4.69) is 20.6 Å². The smallest absolute Gasteiger partial charge is 0.326 e. The van der Waals surface area contributed by atoms with Gasteiger partial charge in [-0.1, -0.05) is 6.92 Å². The number of carboxylic acids is 1. The van der Waals surface area contributed by atoms with Crippen molar-refractivity contribution in [2.75, 3.05) is 13.1 Å². The molecule has 0 spiro atoms. The normalized spacial score (nSPS) is 12.1. The second kappa shape index (κ2) is 7.44. The molecule has 100 valence electrons. The average Bonchev–Trinajstić information content (AvgIpc) is 2.81. The van der Waals surface area contributed by atoms with Gasteiger partial charge in [0.1, 0.15) is 6.04 Å². The Labute approximate surface area is 105 Å². The van der Waals surface area contributed by atoms with Crippen molar-refractivity contribution in [2.24, 2.45) is 0 Å². The van der Waals surface area contributed by atoms with Crippen LogP contribution in [0.3, 0.4) is 0 Å². The molecule has 1 amide bonds. The first-order chi connectivity index (χ1) is 8.63. The van der Waals surface area contributed by atoms with Crippen molar-refractivity contribution in [3.63, 3.8) is 0 Å². The zero-order valence-electron chi connectivity index (χ0n) is 10.3. The molecule has 0 aromatic carbocycles. The lowest BCUT2D eigenvalue weighted by Crippen LogP contribution is -2.45. The van der Waals surface area contributed by atoms with Gasteiger partial charge < -0.3 is 20.7 Å². The van der Waals surface area contributed by atoms with Crippen LogP contribution in [0.5, 0.6) is 0 Å². The molecule has 1 aromatic heterocycles. The molecule has 1 heterocycles. The van der Waals surface area contributed by atoms with Crippen LogP contribution < -0.4 is 10.6 Å². The zero-order valence-corrected chi connectivity index (χ0v) is 10.3. The van der Waals surface area contributed by atoms with Gasteiger partial charge in [0, 0.05) is 18.3 Å². The predicted molar refractivity (Wildman–Crippen MR) is 65.0 cm³/mol. The molecular weight excluding hydrogens is 236 g/mol. The van der Waals surface area contributed by atoms with Crippen LogP contribution in [0.15, 0.2) is 12.5 Å². The Balaban J connectivity index is 2.42. The van der Waals surface area contributed by atoms with E-state index >= 15 is 0 Å². The Kier molecular flexibility index (Phi) is 5.86. The minimum absolute atomic E-state index is 0.126. The molecule has 0 fully saturated rings. The fourth-order valence-corrected chi connectivity index (χ4v) is 1.44. The van der Waals surface area contributed by atoms with E-state index in [1.807, 2.05) is 6.92 Å². The van der Waals surface area contributed by atoms with E-state index < -0.39 is 12.0 Å². The minimum atomic E-state index is -1.06. The molecule has 1 atom stereocenters. The number of rotatable bonds is 8. The summed E-state index contributed by atoms with van der Waals surface area (Å²) in [5.41, 5.74) is 0.671. The highest BCUT2D eigenvalue weighted by atomic mass is 16.4. The molecule has 0 aliphatic heterocycles. The molecule has 7 heteroatoms. The molecule has 1 aromatic rings. The van der Waals surface area contributed by atoms with Crippen molar-refractivity contribution in [1.82, 2.24) is 20.6 Å². The molecule has 4 N–H and O–H groups in total. The maximum absolute atomic E-state index is 11.5. The maximum atomic E-state index is 11.5. The highest BCUT2D eigenvalue weighted by molar-refractivity contribution is 5.84. The molecule has 0 saturated heterocycles. The summed E-state index contributed by atoms with van der Waals surface area (Å²) in [5, 5.41) is 14.4. The third-order valence-corrected chi connectivity index (χ3v) is 2.32. The van der Waals surface area contributed by atoms with E-state index in [0.29, 0.717) is 5.69 Å². The summed E-state index contributed by atoms with van der Waals surface area (Å²) in [6, 6.07) is -0.943. The van der Waals surface area contributed by atoms with Crippen LogP contribution in [-0.4, -0.2) is 46.1 Å². The molecule has 0 bridgehead atoms. The summed E-state index contributed by atoms with van der Waals surface area (Å²) in [6.45, 7) is 2.84. The number of imidazole rings is 1. The molecular formula is C11H18N4O3. The quantitative estimate of drug-likeness (QED) is 0.469. The van der Waals surface area contributed by atoms with E-state index in [-0.39, 0.29) is 18.9 Å². The zero-order chi connectivity index (χ0) is 13.4. The molecule has 1 rings (SSSR count). The SMILES string of the molecule is CCCNCC(=O)NC(Cc1cnc[nH]1)C(=O)O. The van der Waals surface area contributed by atoms with Gasteiger partial charge in [0.25, 0.3) is 0 Å². The van der Waals surface area contributed by atoms with Gasteiger partial charge in [-0.2, -0.15) is 0 Å². The van der Waals surface area contributed by atoms with E-state index in [4.69, 9.17) is 5.11 Å². The Hall–Kier alpha value is -1.89. The maximum Gasteiger partial charge on any atom is 0.326 e. The second-order valence-electron chi connectivity index (χ2n) is 3.92. The van der Waals surface area contributed by atoms with Crippen LogP contribution in [0, 0.1) is 0 Å². The van der Waals surface area contributed by atoms with Gasteiger partial charge in [-0.25, -0.2) is 9.78 Å². The Morgan fingerprint density at radius 2 is 2.33 bits per heavy atom. The van der Waals surface area contributed by atoms with Gasteiger partial charge in [-0.15, -0.1) is 0 Å². The third-order valence-electron chi connectivity index (χ3n) is 2.32. The van der Waals surface area contributed by atoms with Crippen molar-refractivity contribution in [1.29, 1.82) is 0 Å². The van der Waals surface area contributed by atoms with Crippen LogP contribution in [0.2, 0.25) is 0 Å². The minimum Gasteiger partial charge on any atom is -0.480 e. The number of carbonyl (C=O) groups is 2. The van der Waals surface area contributed by atoms with Crippen LogP contribution in [0.25, 0.3) is 0 Å². The summed E-state index contributed by atoms with van der Waals surface area (Å²) in [7, 11) is 0. The summed E-state index contributed by atoms with van der Waals surface area (Å²) in [5.74, 6) is -1.39. The van der Waals surface area contributed by atoms with E-state index in [9.17, 15) is 9.59 Å². The molecule has 0 aliphatic rings. The summed E-state index contributed by atoms with van der Waals surface area (Å²) >= 11 is 0. The summed E-state index contributed by atoms with van der Waals surface area (Å²) in [6.07, 6.45) is 4.12. The fraction of sp³-hybridized carbons (Fsp3) is 0.545. The van der Waals surface area contributed by atoms with E-state index in [1.165, 1.54) is 12.5 Å². The summed E-state index contributed by atoms with van der Waals surface area (Å²) in [4.78, 5) is 29.1. The van der Waals surface area contributed by atoms with Gasteiger partial charge in [-0.3, -0.25) is 4.79 Å². The molecule has 7 nitrogen and oxygen atoms in total. The number of carbonyl (C=O) groups excluding carboxylic acids is 1. The predicted octanol–water partition coefficient (Wildman–Crippen LogP) is -0.479. The molecule has 0 aliphatic carbocycles. The van der Waals surface area contributed by atoms with Crippen molar-refractivity contribution >= 4 is 11.9 Å². The van der Waals surface area contributed by atoms with E-state index in [0.717, 1.165) is 13.0 Å². The number of aromatic amines is 1. The Bertz CT molecular complexity index is 378. The number of hydrogen-bond acceptors (Lipinski definition) is 4. The lowest BCUT2D eigenvalue weighted by molar-refractivity contribution is -0.141. The lowest BCUT2D eigenvalue weighted by atomic mass is 10.1. The number of hydrogen-bond donors (Lipinski definition) is 4. The number of aliphatic carboxylic acids is 1. The van der Waals surface area contributed by atoms with Gasteiger partial charge in [0.2, 0.25) is 5.91 Å². The van der Waals surface area contributed by atoms with Gasteiger partial charge in [0.15, 0.2) is 0 Å². The topological polar surface area (TPSA) is 107 Å². The average molecular weight is 254 g/mol. The molecule has 18 heavy (non-hydrogen) atoms. The molecule has 1 unspecified atom stereocenters. The van der Waals surface area contributed by atoms with Crippen molar-refractivity contribution in [2.45, 2.75) is 25.8 Å². The van der Waals surface area contributed by atoms with Crippen LogP contribution >= 0.6 is 0 Å². The second-order valence-corrected chi connectivity index (χ2v) is 3.92. The first kappa shape index (κ1) is 14.2. The highest BCUT2D eigenvalue weighted by Gasteiger charge is 2.20. The first-order valence-corrected chi connectivity index (χ1v) is 5.83. The lowest BCUT2D eigenvalue weighted by Gasteiger charge is -2.13. The number of amides is 1. The van der Waals surface area contributed by atoms with Crippen molar-refractivity contribution in [3.8, 4) is 0 Å². The monoisotopic (exact) mass is 254 g/mol.